The molecular weight excluding hydrogens is 274 g/mol. The van der Waals surface area contributed by atoms with Gasteiger partial charge in [-0.15, -0.1) is 0 Å². The highest BCUT2D eigenvalue weighted by atomic mass is 32.2. The number of aromatic nitrogens is 1. The fraction of sp³-hybridized carbons (Fsp3) is 0.700. The minimum atomic E-state index is -3.45. The summed E-state index contributed by atoms with van der Waals surface area (Å²) in [6, 6.07) is 0. The van der Waals surface area contributed by atoms with Gasteiger partial charge < -0.3 is 10.5 Å². The number of thiazole rings is 1. The summed E-state index contributed by atoms with van der Waals surface area (Å²) < 4.78 is 31.8. The van der Waals surface area contributed by atoms with Crippen molar-refractivity contribution in [2.24, 2.45) is 0 Å². The standard InChI is InChI=1S/C10H17N3O3S2/c1-7-9(17-10(11)12-7)18(14,15)13-5-3-8(16-2)4-6-13/h8H,3-6H2,1-2H3,(H2,11,12). The van der Waals surface area contributed by atoms with Crippen molar-refractivity contribution in [2.75, 3.05) is 25.9 Å². The maximum absolute atomic E-state index is 12.4. The number of piperidine rings is 1. The monoisotopic (exact) mass is 291 g/mol. The van der Waals surface area contributed by atoms with E-state index in [1.165, 1.54) is 4.31 Å². The predicted octanol–water partition coefficient (Wildman–Crippen LogP) is 0.833. The molecule has 0 unspecified atom stereocenters. The van der Waals surface area contributed by atoms with Crippen LogP contribution in [0.3, 0.4) is 0 Å². The first-order valence-electron chi connectivity index (χ1n) is 5.71. The number of nitrogens with zero attached hydrogens (tertiary/aromatic N) is 2. The van der Waals surface area contributed by atoms with Crippen LogP contribution in [-0.4, -0.2) is 44.0 Å². The van der Waals surface area contributed by atoms with Crippen LogP contribution in [0.5, 0.6) is 0 Å². The lowest BCUT2D eigenvalue weighted by Gasteiger charge is -2.29. The zero-order chi connectivity index (χ0) is 13.3. The van der Waals surface area contributed by atoms with Gasteiger partial charge in [0.05, 0.1) is 11.8 Å². The Morgan fingerprint density at radius 2 is 2.06 bits per heavy atom. The first-order valence-corrected chi connectivity index (χ1v) is 7.96. The average molecular weight is 291 g/mol. The average Bonchev–Trinajstić information content (AvgIpc) is 2.69. The van der Waals surface area contributed by atoms with Gasteiger partial charge in [0.1, 0.15) is 0 Å². The molecule has 1 aromatic rings. The molecule has 1 aliphatic heterocycles. The SMILES string of the molecule is COC1CCN(S(=O)(=O)c2sc(N)nc2C)CC1. The van der Waals surface area contributed by atoms with Gasteiger partial charge in [-0.1, -0.05) is 11.3 Å². The van der Waals surface area contributed by atoms with Crippen molar-refractivity contribution >= 4 is 26.5 Å². The second-order valence-corrected chi connectivity index (χ2v) is 7.43. The molecule has 2 heterocycles. The van der Waals surface area contributed by atoms with Crippen molar-refractivity contribution in [1.29, 1.82) is 0 Å². The first-order chi connectivity index (χ1) is 8.45. The van der Waals surface area contributed by atoms with E-state index in [0.29, 0.717) is 18.8 Å². The van der Waals surface area contributed by atoms with Crippen molar-refractivity contribution in [1.82, 2.24) is 9.29 Å². The summed E-state index contributed by atoms with van der Waals surface area (Å²) in [6.45, 7) is 2.64. The van der Waals surface area contributed by atoms with E-state index >= 15 is 0 Å². The summed E-state index contributed by atoms with van der Waals surface area (Å²) in [5.41, 5.74) is 6.03. The van der Waals surface area contributed by atoms with Crippen LogP contribution in [0.25, 0.3) is 0 Å². The van der Waals surface area contributed by atoms with Crippen molar-refractivity contribution in [3.05, 3.63) is 5.69 Å². The van der Waals surface area contributed by atoms with E-state index in [4.69, 9.17) is 10.5 Å². The molecule has 0 bridgehead atoms. The summed E-state index contributed by atoms with van der Waals surface area (Å²) in [5, 5.41) is 0.290. The van der Waals surface area contributed by atoms with Crippen LogP contribution in [0.15, 0.2) is 4.21 Å². The van der Waals surface area contributed by atoms with Crippen LogP contribution in [-0.2, 0) is 14.8 Å². The van der Waals surface area contributed by atoms with Gasteiger partial charge >= 0.3 is 0 Å². The third kappa shape index (κ3) is 2.51. The molecule has 0 aliphatic carbocycles. The summed E-state index contributed by atoms with van der Waals surface area (Å²) in [4.78, 5) is 3.97. The molecule has 1 aromatic heterocycles. The summed E-state index contributed by atoms with van der Waals surface area (Å²) in [6.07, 6.45) is 1.61. The van der Waals surface area contributed by atoms with Gasteiger partial charge in [-0.25, -0.2) is 13.4 Å². The van der Waals surface area contributed by atoms with Crippen LogP contribution in [0.1, 0.15) is 18.5 Å². The van der Waals surface area contributed by atoms with E-state index < -0.39 is 10.0 Å². The number of ether oxygens (including phenoxy) is 1. The van der Waals surface area contributed by atoms with E-state index in [0.717, 1.165) is 24.2 Å². The van der Waals surface area contributed by atoms with Gasteiger partial charge in [-0.2, -0.15) is 4.31 Å². The fourth-order valence-electron chi connectivity index (χ4n) is 2.07. The fourth-order valence-corrected chi connectivity index (χ4v) is 4.97. The molecule has 1 fully saturated rings. The molecule has 8 heteroatoms. The summed E-state index contributed by atoms with van der Waals surface area (Å²) in [7, 11) is -1.79. The molecule has 0 atom stereocenters. The summed E-state index contributed by atoms with van der Waals surface area (Å²) in [5.74, 6) is 0. The first kappa shape index (κ1) is 13.7. The second kappa shape index (κ2) is 5.12. The van der Waals surface area contributed by atoms with Crippen LogP contribution >= 0.6 is 11.3 Å². The van der Waals surface area contributed by atoms with Crippen LogP contribution < -0.4 is 5.73 Å². The molecule has 1 saturated heterocycles. The largest absolute Gasteiger partial charge is 0.381 e. The molecule has 102 valence electrons. The molecule has 2 rings (SSSR count). The molecule has 0 spiro atoms. The molecule has 0 radical (unpaired) electrons. The smallest absolute Gasteiger partial charge is 0.254 e. The van der Waals surface area contributed by atoms with Gasteiger partial charge in [0.2, 0.25) is 0 Å². The zero-order valence-electron chi connectivity index (χ0n) is 10.4. The predicted molar refractivity (Wildman–Crippen MR) is 70.1 cm³/mol. The van der Waals surface area contributed by atoms with Crippen molar-refractivity contribution in [3.63, 3.8) is 0 Å². The van der Waals surface area contributed by atoms with E-state index in [-0.39, 0.29) is 15.4 Å². The minimum absolute atomic E-state index is 0.157. The Morgan fingerprint density at radius 1 is 1.44 bits per heavy atom. The number of hydrogen-bond donors (Lipinski definition) is 1. The maximum atomic E-state index is 12.4. The molecule has 18 heavy (non-hydrogen) atoms. The Kier molecular flexibility index (Phi) is 3.90. The van der Waals surface area contributed by atoms with Crippen LogP contribution in [0, 0.1) is 6.92 Å². The minimum Gasteiger partial charge on any atom is -0.381 e. The van der Waals surface area contributed by atoms with E-state index in [9.17, 15) is 8.42 Å². The molecule has 1 aliphatic rings. The van der Waals surface area contributed by atoms with E-state index in [1.54, 1.807) is 14.0 Å². The highest BCUT2D eigenvalue weighted by Crippen LogP contribution is 2.29. The lowest BCUT2D eigenvalue weighted by atomic mass is 10.1. The van der Waals surface area contributed by atoms with Crippen molar-refractivity contribution in [3.8, 4) is 0 Å². The molecule has 2 N–H and O–H groups in total. The number of rotatable bonds is 3. The molecular formula is C10H17N3O3S2. The third-order valence-corrected chi connectivity index (χ3v) is 6.55. The molecule has 0 amide bonds. The van der Waals surface area contributed by atoms with E-state index in [1.807, 2.05) is 0 Å². The highest BCUT2D eigenvalue weighted by Gasteiger charge is 2.32. The molecule has 0 aromatic carbocycles. The topological polar surface area (TPSA) is 85.5 Å². The highest BCUT2D eigenvalue weighted by molar-refractivity contribution is 7.91. The molecule has 0 saturated carbocycles. The van der Waals surface area contributed by atoms with Crippen molar-refractivity contribution in [2.45, 2.75) is 30.1 Å². The Labute approximate surface area is 111 Å². The Hall–Kier alpha value is -0.700. The van der Waals surface area contributed by atoms with Gasteiger partial charge in [-0.05, 0) is 19.8 Å². The number of nitrogen functional groups attached to an aromatic ring is 1. The lowest BCUT2D eigenvalue weighted by molar-refractivity contribution is 0.0605. The van der Waals surface area contributed by atoms with Crippen LogP contribution in [0.2, 0.25) is 0 Å². The Bertz CT molecular complexity index is 518. The Balaban J connectivity index is 2.20. The van der Waals surface area contributed by atoms with Crippen LogP contribution in [0.4, 0.5) is 5.13 Å². The number of nitrogens with two attached hydrogens (primary N) is 1. The normalized spacial score (nSPS) is 19.2. The lowest BCUT2D eigenvalue weighted by Crippen LogP contribution is -2.40. The van der Waals surface area contributed by atoms with Gasteiger partial charge in [0.15, 0.2) is 9.34 Å². The van der Waals surface area contributed by atoms with E-state index in [2.05, 4.69) is 4.98 Å². The summed E-state index contributed by atoms with van der Waals surface area (Å²) >= 11 is 1.03. The zero-order valence-corrected chi connectivity index (χ0v) is 12.1. The molecule has 6 nitrogen and oxygen atoms in total. The quantitative estimate of drug-likeness (QED) is 0.891. The Morgan fingerprint density at radius 3 is 2.50 bits per heavy atom. The van der Waals surface area contributed by atoms with Crippen molar-refractivity contribution < 1.29 is 13.2 Å². The van der Waals surface area contributed by atoms with Gasteiger partial charge in [0.25, 0.3) is 10.0 Å². The number of hydrogen-bond acceptors (Lipinski definition) is 6. The van der Waals surface area contributed by atoms with Gasteiger partial charge in [0, 0.05) is 20.2 Å². The third-order valence-electron chi connectivity index (χ3n) is 3.08. The number of methoxy groups -OCH3 is 1. The number of sulfonamides is 1. The number of anilines is 1. The van der Waals surface area contributed by atoms with Gasteiger partial charge in [-0.3, -0.25) is 0 Å². The maximum Gasteiger partial charge on any atom is 0.254 e. The number of aryl methyl sites for hydroxylation is 1. The second-order valence-electron chi connectivity index (χ2n) is 4.26.